The van der Waals surface area contributed by atoms with Crippen LogP contribution in [-0.4, -0.2) is 26.8 Å². The van der Waals surface area contributed by atoms with Crippen molar-refractivity contribution < 1.29 is 22.7 Å². The molecule has 0 aliphatic heterocycles. The minimum absolute atomic E-state index is 0.126. The van der Waals surface area contributed by atoms with E-state index in [0.29, 0.717) is 23.6 Å². The van der Waals surface area contributed by atoms with Crippen LogP contribution in [-0.2, 0) is 19.0 Å². The maximum absolute atomic E-state index is 12.8. The lowest BCUT2D eigenvalue weighted by molar-refractivity contribution is -0.141. The van der Waals surface area contributed by atoms with Crippen LogP contribution in [0.4, 0.5) is 13.2 Å². The first-order valence-electron chi connectivity index (χ1n) is 8.52. The first-order chi connectivity index (χ1) is 12.8. The van der Waals surface area contributed by atoms with Crippen molar-refractivity contribution in [2.75, 3.05) is 6.61 Å². The Kier molecular flexibility index (Phi) is 5.16. The Morgan fingerprint density at radius 3 is 2.63 bits per heavy atom. The molecule has 0 saturated heterocycles. The average Bonchev–Trinajstić information content (AvgIpc) is 3.03. The molecule has 27 heavy (non-hydrogen) atoms. The Labute approximate surface area is 153 Å². The van der Waals surface area contributed by atoms with E-state index < -0.39 is 17.7 Å². The van der Waals surface area contributed by atoms with E-state index in [1.807, 2.05) is 20.0 Å². The molecule has 0 fully saturated rings. The number of carbonyl (C=O) groups excluding carboxylic acids is 1. The van der Waals surface area contributed by atoms with Crippen LogP contribution in [0.1, 0.15) is 41.3 Å². The van der Waals surface area contributed by atoms with Gasteiger partial charge in [-0.3, -0.25) is 4.79 Å². The number of hydrogen-bond donors (Lipinski definition) is 0. The number of fused-ring (bicyclic) bond motifs is 1. The number of alkyl halides is 3. The summed E-state index contributed by atoms with van der Waals surface area (Å²) >= 11 is 0. The van der Waals surface area contributed by atoms with E-state index in [9.17, 15) is 18.0 Å². The standard InChI is InChI=1S/C19H18F3N3O2/c1-3-13-11-25-10-12(16(27-4-2)9-18(25)23-13)8-15(26)14-6-5-7-17(24-14)19(20,21)22/h5-7,9-11H,3-4,8H2,1-2H3. The second kappa shape index (κ2) is 7.38. The van der Waals surface area contributed by atoms with Crippen molar-refractivity contribution in [3.05, 3.63) is 59.3 Å². The molecule has 0 aliphatic carbocycles. The van der Waals surface area contributed by atoms with Gasteiger partial charge in [-0.15, -0.1) is 0 Å². The van der Waals surface area contributed by atoms with Crippen molar-refractivity contribution in [2.24, 2.45) is 0 Å². The van der Waals surface area contributed by atoms with Crippen LogP contribution < -0.4 is 4.74 Å². The van der Waals surface area contributed by atoms with Crippen LogP contribution >= 0.6 is 0 Å². The smallest absolute Gasteiger partial charge is 0.433 e. The molecule has 8 heteroatoms. The first kappa shape index (κ1) is 18.9. The molecule has 3 aromatic heterocycles. The van der Waals surface area contributed by atoms with Gasteiger partial charge in [-0.2, -0.15) is 13.2 Å². The second-order valence-corrected chi connectivity index (χ2v) is 5.95. The van der Waals surface area contributed by atoms with Crippen molar-refractivity contribution >= 4 is 11.4 Å². The third kappa shape index (κ3) is 4.10. The molecule has 0 bridgehead atoms. The zero-order chi connectivity index (χ0) is 19.6. The molecule has 3 heterocycles. The number of imidazole rings is 1. The third-order valence-electron chi connectivity index (χ3n) is 4.02. The molecule has 0 saturated carbocycles. The van der Waals surface area contributed by atoms with Crippen LogP contribution in [0.3, 0.4) is 0 Å². The number of Topliss-reactive ketones (excluding diaryl/α,β-unsaturated/α-hetero) is 1. The zero-order valence-corrected chi connectivity index (χ0v) is 14.9. The normalized spacial score (nSPS) is 11.7. The molecule has 5 nitrogen and oxygen atoms in total. The highest BCUT2D eigenvalue weighted by molar-refractivity contribution is 5.96. The van der Waals surface area contributed by atoms with Gasteiger partial charge < -0.3 is 9.14 Å². The maximum atomic E-state index is 12.8. The van der Waals surface area contributed by atoms with Gasteiger partial charge >= 0.3 is 6.18 Å². The van der Waals surface area contributed by atoms with Crippen molar-refractivity contribution in [1.29, 1.82) is 0 Å². The Balaban J connectivity index is 1.95. The van der Waals surface area contributed by atoms with E-state index in [2.05, 4.69) is 9.97 Å². The maximum Gasteiger partial charge on any atom is 0.433 e. The minimum Gasteiger partial charge on any atom is -0.493 e. The van der Waals surface area contributed by atoms with E-state index in [4.69, 9.17) is 4.74 Å². The van der Waals surface area contributed by atoms with E-state index in [0.717, 1.165) is 18.2 Å². The van der Waals surface area contributed by atoms with Gasteiger partial charge in [0.25, 0.3) is 0 Å². The summed E-state index contributed by atoms with van der Waals surface area (Å²) in [5, 5.41) is 0. The van der Waals surface area contributed by atoms with Gasteiger partial charge in [-0.05, 0) is 25.5 Å². The van der Waals surface area contributed by atoms with E-state index in [1.54, 1.807) is 16.7 Å². The number of nitrogens with zero attached hydrogens (tertiary/aromatic N) is 3. The Bertz CT molecular complexity index is 980. The quantitative estimate of drug-likeness (QED) is 0.606. The summed E-state index contributed by atoms with van der Waals surface area (Å²) in [4.78, 5) is 20.4. The first-order valence-corrected chi connectivity index (χ1v) is 8.52. The number of carbonyl (C=O) groups is 1. The summed E-state index contributed by atoms with van der Waals surface area (Å²) in [6, 6.07) is 5.03. The summed E-state index contributed by atoms with van der Waals surface area (Å²) in [7, 11) is 0. The van der Waals surface area contributed by atoms with Gasteiger partial charge in [0.15, 0.2) is 5.78 Å². The summed E-state index contributed by atoms with van der Waals surface area (Å²) in [6.07, 6.45) is -0.397. The Hall–Kier alpha value is -2.90. The zero-order valence-electron chi connectivity index (χ0n) is 14.9. The number of aryl methyl sites for hydroxylation is 1. The number of halogens is 3. The molecule has 0 radical (unpaired) electrons. The molecule has 0 spiro atoms. The SMILES string of the molecule is CCOc1cc2nc(CC)cn2cc1CC(=O)c1cccc(C(F)(F)F)n1. The summed E-state index contributed by atoms with van der Waals surface area (Å²) in [5.74, 6) is -0.0317. The van der Waals surface area contributed by atoms with Crippen molar-refractivity contribution in [1.82, 2.24) is 14.4 Å². The number of aromatic nitrogens is 3. The van der Waals surface area contributed by atoms with E-state index in [-0.39, 0.29) is 12.1 Å². The highest BCUT2D eigenvalue weighted by atomic mass is 19.4. The molecule has 0 unspecified atom stereocenters. The average molecular weight is 377 g/mol. The van der Waals surface area contributed by atoms with Crippen molar-refractivity contribution in [3.8, 4) is 5.75 Å². The number of hydrogen-bond acceptors (Lipinski definition) is 4. The van der Waals surface area contributed by atoms with Crippen LogP contribution in [0.15, 0.2) is 36.7 Å². The molecular weight excluding hydrogens is 359 g/mol. The summed E-state index contributed by atoms with van der Waals surface area (Å²) in [6.45, 7) is 4.18. The molecule has 3 aromatic rings. The van der Waals surface area contributed by atoms with Crippen LogP contribution in [0, 0.1) is 0 Å². The predicted molar refractivity (Wildman–Crippen MR) is 93.0 cm³/mol. The van der Waals surface area contributed by atoms with Crippen molar-refractivity contribution in [3.63, 3.8) is 0 Å². The lowest BCUT2D eigenvalue weighted by atomic mass is 10.1. The molecule has 0 aliphatic rings. The lowest BCUT2D eigenvalue weighted by Gasteiger charge is -2.11. The monoisotopic (exact) mass is 377 g/mol. The fourth-order valence-corrected chi connectivity index (χ4v) is 2.72. The second-order valence-electron chi connectivity index (χ2n) is 5.95. The molecule has 0 aromatic carbocycles. The molecular formula is C19H18F3N3O2. The largest absolute Gasteiger partial charge is 0.493 e. The number of ketones is 1. The van der Waals surface area contributed by atoms with Gasteiger partial charge in [0.1, 0.15) is 22.8 Å². The topological polar surface area (TPSA) is 56.5 Å². The highest BCUT2D eigenvalue weighted by Gasteiger charge is 2.33. The van der Waals surface area contributed by atoms with Gasteiger partial charge in [-0.25, -0.2) is 9.97 Å². The fraction of sp³-hybridized carbons (Fsp3) is 0.316. The molecule has 142 valence electrons. The van der Waals surface area contributed by atoms with Gasteiger partial charge in [-0.1, -0.05) is 13.0 Å². The van der Waals surface area contributed by atoms with E-state index in [1.165, 1.54) is 12.1 Å². The Morgan fingerprint density at radius 2 is 1.96 bits per heavy atom. The summed E-state index contributed by atoms with van der Waals surface area (Å²) in [5.41, 5.74) is 0.820. The fourth-order valence-electron chi connectivity index (χ4n) is 2.72. The Morgan fingerprint density at radius 1 is 1.19 bits per heavy atom. The van der Waals surface area contributed by atoms with Crippen LogP contribution in [0.5, 0.6) is 5.75 Å². The van der Waals surface area contributed by atoms with Gasteiger partial charge in [0.2, 0.25) is 0 Å². The van der Waals surface area contributed by atoms with Crippen molar-refractivity contribution in [2.45, 2.75) is 32.9 Å². The number of rotatable bonds is 6. The van der Waals surface area contributed by atoms with E-state index >= 15 is 0 Å². The number of pyridine rings is 2. The van der Waals surface area contributed by atoms with Crippen LogP contribution in [0.2, 0.25) is 0 Å². The highest BCUT2D eigenvalue weighted by Crippen LogP contribution is 2.28. The molecule has 0 amide bonds. The molecule has 0 atom stereocenters. The van der Waals surface area contributed by atoms with Gasteiger partial charge in [0, 0.05) is 30.4 Å². The molecule has 0 N–H and O–H groups in total. The molecule has 3 rings (SSSR count). The minimum atomic E-state index is -4.60. The number of ether oxygens (including phenoxy) is 1. The van der Waals surface area contributed by atoms with Gasteiger partial charge in [0.05, 0.1) is 12.3 Å². The third-order valence-corrected chi connectivity index (χ3v) is 4.02. The predicted octanol–water partition coefficient (Wildman–Crippen LogP) is 4.13. The van der Waals surface area contributed by atoms with Crippen LogP contribution in [0.25, 0.3) is 5.65 Å². The lowest BCUT2D eigenvalue weighted by Crippen LogP contribution is -2.13. The summed E-state index contributed by atoms with van der Waals surface area (Å²) < 4.78 is 45.9.